The van der Waals surface area contributed by atoms with E-state index in [-0.39, 0.29) is 17.6 Å². The van der Waals surface area contributed by atoms with Crippen LogP contribution >= 0.6 is 0 Å². The van der Waals surface area contributed by atoms with Gasteiger partial charge in [-0.1, -0.05) is 13.8 Å². The molecule has 0 aliphatic carbocycles. The average Bonchev–Trinajstić information content (AvgIpc) is 3.22. The predicted octanol–water partition coefficient (Wildman–Crippen LogP) is 3.67. The van der Waals surface area contributed by atoms with Gasteiger partial charge in [-0.2, -0.15) is 10.2 Å². The Kier molecular flexibility index (Phi) is 6.04. The van der Waals surface area contributed by atoms with Crippen molar-refractivity contribution in [3.63, 3.8) is 0 Å². The van der Waals surface area contributed by atoms with Gasteiger partial charge in [0.05, 0.1) is 11.7 Å². The number of halogens is 2. The van der Waals surface area contributed by atoms with Gasteiger partial charge >= 0.3 is 6.03 Å². The highest BCUT2D eigenvalue weighted by molar-refractivity contribution is 5.99. The highest BCUT2D eigenvalue weighted by atomic mass is 19.3. The lowest BCUT2D eigenvalue weighted by molar-refractivity contribution is 0.0663. The van der Waals surface area contributed by atoms with E-state index in [4.69, 9.17) is 4.74 Å². The fourth-order valence-corrected chi connectivity index (χ4v) is 2.99. The first kappa shape index (κ1) is 19.3. The monoisotopic (exact) mass is 382 g/mol. The van der Waals surface area contributed by atoms with Crippen molar-refractivity contribution in [2.75, 3.05) is 23.8 Å². The Balaban J connectivity index is 1.63. The number of carbonyl (C=O) groups is 1. The molecule has 1 saturated heterocycles. The maximum absolute atomic E-state index is 13.2. The number of carbonyl (C=O) groups excluding carboxylic acids is 1. The molecular formula is C17H24F2N6O2. The molecule has 2 aromatic rings. The molecular weight excluding hydrogens is 358 g/mol. The van der Waals surface area contributed by atoms with Gasteiger partial charge in [-0.25, -0.2) is 13.6 Å². The topological polar surface area (TPSA) is 86.0 Å². The molecule has 0 radical (unpaired) electrons. The number of nitrogens with one attached hydrogen (secondary N) is 2. The van der Waals surface area contributed by atoms with E-state index in [2.05, 4.69) is 20.8 Å². The standard InChI is InChI=1S/C17H24F2N6O2/c1-11(2)9-24-10-13(15(23-24)16(18)19)20-17(26)21-14-3-6-25(22-14)12-4-7-27-8-5-12/h3,6,10-12,16H,4-5,7-9H2,1-2H3,(H2,20,21,22,26). The predicted molar refractivity (Wildman–Crippen MR) is 96.0 cm³/mol. The van der Waals surface area contributed by atoms with Crippen LogP contribution in [0.15, 0.2) is 18.5 Å². The Labute approximate surface area is 155 Å². The largest absolute Gasteiger partial charge is 0.381 e. The lowest BCUT2D eigenvalue weighted by atomic mass is 10.1. The normalized spacial score (nSPS) is 15.5. The molecule has 3 heterocycles. The minimum absolute atomic E-state index is 0.00740. The molecule has 2 N–H and O–H groups in total. The number of hydrogen-bond donors (Lipinski definition) is 2. The summed E-state index contributed by atoms with van der Waals surface area (Å²) in [4.78, 5) is 12.2. The number of anilines is 2. The molecule has 0 atom stereocenters. The first-order valence-corrected chi connectivity index (χ1v) is 8.98. The number of amides is 2. The van der Waals surface area contributed by atoms with Gasteiger partial charge in [-0.3, -0.25) is 14.7 Å². The Morgan fingerprint density at radius 1 is 1.30 bits per heavy atom. The Morgan fingerprint density at radius 2 is 2.04 bits per heavy atom. The summed E-state index contributed by atoms with van der Waals surface area (Å²) in [6.07, 6.45) is 2.15. The third kappa shape index (κ3) is 5.03. The second kappa shape index (κ2) is 8.47. The van der Waals surface area contributed by atoms with Crippen molar-refractivity contribution < 1.29 is 18.3 Å². The lowest BCUT2D eigenvalue weighted by Crippen LogP contribution is -2.22. The van der Waals surface area contributed by atoms with Crippen molar-refractivity contribution in [2.24, 2.45) is 5.92 Å². The van der Waals surface area contributed by atoms with E-state index in [0.29, 0.717) is 25.6 Å². The van der Waals surface area contributed by atoms with E-state index < -0.39 is 18.2 Å². The van der Waals surface area contributed by atoms with Gasteiger partial charge in [0.1, 0.15) is 0 Å². The summed E-state index contributed by atoms with van der Waals surface area (Å²) in [7, 11) is 0. The second-order valence-electron chi connectivity index (χ2n) is 6.95. The number of alkyl halides is 2. The molecule has 10 heteroatoms. The highest BCUT2D eigenvalue weighted by Gasteiger charge is 2.21. The van der Waals surface area contributed by atoms with E-state index in [9.17, 15) is 13.6 Å². The molecule has 1 aliphatic rings. The van der Waals surface area contributed by atoms with Crippen LogP contribution in [-0.2, 0) is 11.3 Å². The van der Waals surface area contributed by atoms with Crippen LogP contribution in [0.1, 0.15) is 44.9 Å². The zero-order chi connectivity index (χ0) is 19.4. The zero-order valence-electron chi connectivity index (χ0n) is 15.4. The molecule has 8 nitrogen and oxygen atoms in total. The highest BCUT2D eigenvalue weighted by Crippen LogP contribution is 2.26. The molecule has 2 amide bonds. The third-order valence-electron chi connectivity index (χ3n) is 4.21. The second-order valence-corrected chi connectivity index (χ2v) is 6.95. The molecule has 0 unspecified atom stereocenters. The first-order valence-electron chi connectivity index (χ1n) is 8.98. The summed E-state index contributed by atoms with van der Waals surface area (Å²) < 4.78 is 34.9. The maximum Gasteiger partial charge on any atom is 0.324 e. The third-order valence-corrected chi connectivity index (χ3v) is 4.21. The number of aromatic nitrogens is 4. The van der Waals surface area contributed by atoms with Gasteiger partial charge in [-0.05, 0) is 18.8 Å². The molecule has 27 heavy (non-hydrogen) atoms. The number of rotatable bonds is 6. The van der Waals surface area contributed by atoms with Crippen molar-refractivity contribution >= 4 is 17.5 Å². The minimum Gasteiger partial charge on any atom is -0.381 e. The fourth-order valence-electron chi connectivity index (χ4n) is 2.99. The molecule has 1 aliphatic heterocycles. The molecule has 0 saturated carbocycles. The summed E-state index contributed by atoms with van der Waals surface area (Å²) in [6, 6.07) is 1.26. The van der Waals surface area contributed by atoms with Crippen LogP contribution in [0.25, 0.3) is 0 Å². The summed E-state index contributed by atoms with van der Waals surface area (Å²) in [5.41, 5.74) is -0.453. The van der Waals surface area contributed by atoms with Crippen molar-refractivity contribution in [2.45, 2.75) is 45.7 Å². The van der Waals surface area contributed by atoms with Gasteiger partial charge in [0, 0.05) is 38.2 Å². The van der Waals surface area contributed by atoms with Crippen molar-refractivity contribution in [1.29, 1.82) is 0 Å². The van der Waals surface area contributed by atoms with Gasteiger partial charge < -0.3 is 10.1 Å². The molecule has 3 rings (SSSR count). The van der Waals surface area contributed by atoms with Gasteiger partial charge in [0.2, 0.25) is 0 Å². The number of hydrogen-bond acceptors (Lipinski definition) is 4. The number of ether oxygens (including phenoxy) is 1. The Morgan fingerprint density at radius 3 is 2.70 bits per heavy atom. The quantitative estimate of drug-likeness (QED) is 0.798. The molecule has 0 bridgehead atoms. The summed E-state index contributed by atoms with van der Waals surface area (Å²) >= 11 is 0. The summed E-state index contributed by atoms with van der Waals surface area (Å²) in [5, 5.41) is 13.2. The average molecular weight is 382 g/mol. The van der Waals surface area contributed by atoms with Crippen LogP contribution in [0.2, 0.25) is 0 Å². The Bertz CT molecular complexity index is 767. The zero-order valence-corrected chi connectivity index (χ0v) is 15.4. The molecule has 0 spiro atoms. The van der Waals surface area contributed by atoms with Crippen molar-refractivity contribution in [1.82, 2.24) is 19.6 Å². The summed E-state index contributed by atoms with van der Waals surface area (Å²) in [6.45, 7) is 5.77. The number of nitrogens with zero attached hydrogens (tertiary/aromatic N) is 4. The molecule has 148 valence electrons. The van der Waals surface area contributed by atoms with Gasteiger partial charge in [0.25, 0.3) is 6.43 Å². The van der Waals surface area contributed by atoms with E-state index in [1.54, 1.807) is 16.9 Å². The van der Waals surface area contributed by atoms with Crippen LogP contribution < -0.4 is 10.6 Å². The van der Waals surface area contributed by atoms with Crippen molar-refractivity contribution in [3.8, 4) is 0 Å². The van der Waals surface area contributed by atoms with Crippen LogP contribution in [0.5, 0.6) is 0 Å². The molecule has 2 aromatic heterocycles. The minimum atomic E-state index is -2.78. The fraction of sp³-hybridized carbons (Fsp3) is 0.588. The van der Waals surface area contributed by atoms with E-state index in [1.165, 1.54) is 10.9 Å². The summed E-state index contributed by atoms with van der Waals surface area (Å²) in [5.74, 6) is 0.596. The Hall–Kier alpha value is -2.49. The van der Waals surface area contributed by atoms with E-state index in [0.717, 1.165) is 12.8 Å². The first-order chi connectivity index (χ1) is 12.9. The molecule has 0 aromatic carbocycles. The lowest BCUT2D eigenvalue weighted by Gasteiger charge is -2.22. The van der Waals surface area contributed by atoms with E-state index >= 15 is 0 Å². The maximum atomic E-state index is 13.2. The van der Waals surface area contributed by atoms with E-state index in [1.807, 2.05) is 13.8 Å². The van der Waals surface area contributed by atoms with Crippen molar-refractivity contribution in [3.05, 3.63) is 24.2 Å². The van der Waals surface area contributed by atoms with Crippen LogP contribution in [0.4, 0.5) is 25.1 Å². The van der Waals surface area contributed by atoms with Gasteiger partial charge in [0.15, 0.2) is 11.5 Å². The number of urea groups is 1. The van der Waals surface area contributed by atoms with Crippen LogP contribution in [-0.4, -0.2) is 38.8 Å². The SMILES string of the molecule is CC(C)Cn1cc(NC(=O)Nc2ccn(C3CCOCC3)n2)c(C(F)F)n1. The van der Waals surface area contributed by atoms with Crippen LogP contribution in [0, 0.1) is 5.92 Å². The van der Waals surface area contributed by atoms with Crippen LogP contribution in [0.3, 0.4) is 0 Å². The van der Waals surface area contributed by atoms with Gasteiger partial charge in [-0.15, -0.1) is 0 Å². The smallest absolute Gasteiger partial charge is 0.324 e. The molecule has 1 fully saturated rings.